The standard InChI is InChI=1S/C24H22N4O4/c1-13(2)28-22(30)19-9-8-16(11-20(19)23(28)31)21(29)27-17-6-5-7-18(12-17)32-24-25-14(3)10-15(4)26-24/h5-13H,1-4H3,(H,27,29). The number of hydrogen-bond donors (Lipinski definition) is 1. The molecule has 0 fully saturated rings. The van der Waals surface area contributed by atoms with E-state index in [2.05, 4.69) is 15.3 Å². The predicted molar refractivity (Wildman–Crippen MR) is 118 cm³/mol. The Labute approximate surface area is 185 Å². The maximum atomic E-state index is 12.8. The third-order valence-electron chi connectivity index (χ3n) is 4.96. The van der Waals surface area contributed by atoms with Crippen LogP contribution < -0.4 is 10.1 Å². The molecule has 1 N–H and O–H groups in total. The minimum atomic E-state index is -0.407. The van der Waals surface area contributed by atoms with E-state index in [1.165, 1.54) is 23.1 Å². The highest BCUT2D eigenvalue weighted by Gasteiger charge is 2.37. The molecule has 1 aliphatic rings. The van der Waals surface area contributed by atoms with Gasteiger partial charge in [-0.2, -0.15) is 0 Å². The second-order valence-corrected chi connectivity index (χ2v) is 7.85. The van der Waals surface area contributed by atoms with Crippen LogP contribution in [-0.2, 0) is 0 Å². The number of nitrogens with zero attached hydrogens (tertiary/aromatic N) is 3. The summed E-state index contributed by atoms with van der Waals surface area (Å²) in [6, 6.07) is 13.2. The van der Waals surface area contributed by atoms with Crippen LogP contribution in [-0.4, -0.2) is 38.6 Å². The van der Waals surface area contributed by atoms with Gasteiger partial charge >= 0.3 is 6.01 Å². The molecule has 2 aromatic carbocycles. The molecule has 1 aromatic heterocycles. The SMILES string of the molecule is Cc1cc(C)nc(Oc2cccc(NC(=O)c3ccc4c(c3)C(=O)N(C(C)C)C4=O)c2)n1. The Bertz CT molecular complexity index is 1230. The van der Waals surface area contributed by atoms with Crippen LogP contribution in [0.3, 0.4) is 0 Å². The van der Waals surface area contributed by atoms with Crippen molar-refractivity contribution in [2.75, 3.05) is 5.32 Å². The molecule has 32 heavy (non-hydrogen) atoms. The molecule has 0 spiro atoms. The number of ether oxygens (including phenoxy) is 1. The Morgan fingerprint density at radius 3 is 2.31 bits per heavy atom. The van der Waals surface area contributed by atoms with E-state index in [4.69, 9.17) is 4.74 Å². The molecule has 2 heterocycles. The average Bonchev–Trinajstić information content (AvgIpc) is 2.97. The number of aryl methyl sites for hydroxylation is 2. The molecule has 0 unspecified atom stereocenters. The number of imide groups is 1. The molecule has 8 nitrogen and oxygen atoms in total. The lowest BCUT2D eigenvalue weighted by Gasteiger charge is -2.17. The van der Waals surface area contributed by atoms with Gasteiger partial charge in [-0.3, -0.25) is 19.3 Å². The Balaban J connectivity index is 1.52. The fourth-order valence-corrected chi connectivity index (χ4v) is 3.55. The summed E-state index contributed by atoms with van der Waals surface area (Å²) < 4.78 is 5.73. The molecular weight excluding hydrogens is 408 g/mol. The smallest absolute Gasteiger partial charge is 0.322 e. The first kappa shape index (κ1) is 21.2. The molecule has 8 heteroatoms. The van der Waals surface area contributed by atoms with Gasteiger partial charge in [0, 0.05) is 34.7 Å². The quantitative estimate of drug-likeness (QED) is 0.611. The second kappa shape index (κ2) is 8.22. The van der Waals surface area contributed by atoms with Gasteiger partial charge in [0.1, 0.15) is 5.75 Å². The van der Waals surface area contributed by atoms with Crippen LogP contribution in [0.2, 0.25) is 0 Å². The van der Waals surface area contributed by atoms with Crippen molar-refractivity contribution in [1.29, 1.82) is 0 Å². The summed E-state index contributed by atoms with van der Waals surface area (Å²) in [7, 11) is 0. The van der Waals surface area contributed by atoms with Crippen molar-refractivity contribution in [3.63, 3.8) is 0 Å². The van der Waals surface area contributed by atoms with Crippen molar-refractivity contribution in [1.82, 2.24) is 14.9 Å². The Morgan fingerprint density at radius 1 is 0.938 bits per heavy atom. The normalized spacial score (nSPS) is 12.8. The molecule has 0 bridgehead atoms. The third kappa shape index (κ3) is 4.07. The van der Waals surface area contributed by atoms with Crippen molar-refractivity contribution in [2.45, 2.75) is 33.7 Å². The number of hydrogen-bond acceptors (Lipinski definition) is 6. The van der Waals surface area contributed by atoms with E-state index < -0.39 is 11.8 Å². The van der Waals surface area contributed by atoms with E-state index >= 15 is 0 Å². The number of anilines is 1. The molecule has 0 radical (unpaired) electrons. The number of amides is 3. The van der Waals surface area contributed by atoms with Gasteiger partial charge in [0.2, 0.25) is 0 Å². The number of carbonyl (C=O) groups excluding carboxylic acids is 3. The Morgan fingerprint density at radius 2 is 1.62 bits per heavy atom. The Kier molecular flexibility index (Phi) is 5.44. The Hall–Kier alpha value is -4.07. The summed E-state index contributed by atoms with van der Waals surface area (Å²) in [4.78, 5) is 47.5. The summed E-state index contributed by atoms with van der Waals surface area (Å²) in [5.74, 6) is -0.671. The van der Waals surface area contributed by atoms with E-state index in [-0.39, 0.29) is 29.1 Å². The van der Waals surface area contributed by atoms with Crippen LogP contribution in [0.15, 0.2) is 48.5 Å². The van der Waals surface area contributed by atoms with Crippen LogP contribution in [0.5, 0.6) is 11.8 Å². The van der Waals surface area contributed by atoms with Crippen molar-refractivity contribution in [3.8, 4) is 11.8 Å². The largest absolute Gasteiger partial charge is 0.424 e. The zero-order valence-electron chi connectivity index (χ0n) is 18.2. The van der Waals surface area contributed by atoms with Crippen LogP contribution in [0.1, 0.15) is 56.3 Å². The lowest BCUT2D eigenvalue weighted by molar-refractivity contribution is 0.0609. The number of aromatic nitrogens is 2. The summed E-state index contributed by atoms with van der Waals surface area (Å²) in [5.41, 5.74) is 2.91. The molecule has 162 valence electrons. The van der Waals surface area contributed by atoms with Crippen LogP contribution in [0.25, 0.3) is 0 Å². The maximum Gasteiger partial charge on any atom is 0.322 e. The number of fused-ring (bicyclic) bond motifs is 1. The van der Waals surface area contributed by atoms with Gasteiger partial charge in [0.25, 0.3) is 17.7 Å². The van der Waals surface area contributed by atoms with E-state index in [1.807, 2.05) is 19.9 Å². The number of nitrogens with one attached hydrogen (secondary N) is 1. The van der Waals surface area contributed by atoms with Crippen LogP contribution >= 0.6 is 0 Å². The average molecular weight is 430 g/mol. The molecule has 4 rings (SSSR count). The molecule has 0 aliphatic carbocycles. The fraction of sp³-hybridized carbons (Fsp3) is 0.208. The summed E-state index contributed by atoms with van der Waals surface area (Å²) in [6.07, 6.45) is 0. The van der Waals surface area contributed by atoms with Gasteiger partial charge in [-0.15, -0.1) is 0 Å². The minimum absolute atomic E-state index is 0.225. The molecular formula is C24H22N4O4. The first-order valence-electron chi connectivity index (χ1n) is 10.2. The summed E-state index contributed by atoms with van der Waals surface area (Å²) >= 11 is 0. The van der Waals surface area contributed by atoms with Gasteiger partial charge in [-0.25, -0.2) is 9.97 Å². The topological polar surface area (TPSA) is 101 Å². The molecule has 0 saturated carbocycles. The van der Waals surface area contributed by atoms with Gasteiger partial charge in [0.15, 0.2) is 0 Å². The maximum absolute atomic E-state index is 12.8. The van der Waals surface area contributed by atoms with E-state index in [1.54, 1.807) is 38.1 Å². The molecule has 3 amide bonds. The van der Waals surface area contributed by atoms with Crippen molar-refractivity contribution in [2.24, 2.45) is 0 Å². The van der Waals surface area contributed by atoms with E-state index in [0.717, 1.165) is 11.4 Å². The lowest BCUT2D eigenvalue weighted by atomic mass is 10.1. The predicted octanol–water partition coefficient (Wildman–Crippen LogP) is 4.14. The van der Waals surface area contributed by atoms with Crippen molar-refractivity contribution < 1.29 is 19.1 Å². The molecule has 0 atom stereocenters. The molecule has 3 aromatic rings. The van der Waals surface area contributed by atoms with Crippen LogP contribution in [0.4, 0.5) is 5.69 Å². The number of carbonyl (C=O) groups is 3. The number of benzene rings is 2. The highest BCUT2D eigenvalue weighted by molar-refractivity contribution is 6.22. The van der Waals surface area contributed by atoms with Gasteiger partial charge in [-0.1, -0.05) is 6.07 Å². The number of rotatable bonds is 5. The monoisotopic (exact) mass is 430 g/mol. The van der Waals surface area contributed by atoms with Crippen LogP contribution in [0, 0.1) is 13.8 Å². The second-order valence-electron chi connectivity index (χ2n) is 7.85. The third-order valence-corrected chi connectivity index (χ3v) is 4.96. The fourth-order valence-electron chi connectivity index (χ4n) is 3.55. The van der Waals surface area contributed by atoms with Gasteiger partial charge < -0.3 is 10.1 Å². The van der Waals surface area contributed by atoms with E-state index in [0.29, 0.717) is 17.0 Å². The van der Waals surface area contributed by atoms with Crippen molar-refractivity contribution >= 4 is 23.4 Å². The molecule has 0 saturated heterocycles. The van der Waals surface area contributed by atoms with Gasteiger partial charge in [0.05, 0.1) is 11.1 Å². The first-order valence-corrected chi connectivity index (χ1v) is 10.2. The highest BCUT2D eigenvalue weighted by atomic mass is 16.5. The van der Waals surface area contributed by atoms with Gasteiger partial charge in [-0.05, 0) is 64.1 Å². The first-order chi connectivity index (χ1) is 15.2. The summed E-state index contributed by atoms with van der Waals surface area (Å²) in [6.45, 7) is 7.25. The zero-order chi connectivity index (χ0) is 23.0. The zero-order valence-corrected chi connectivity index (χ0v) is 18.2. The minimum Gasteiger partial charge on any atom is -0.424 e. The van der Waals surface area contributed by atoms with Crippen molar-refractivity contribution in [3.05, 3.63) is 76.6 Å². The highest BCUT2D eigenvalue weighted by Crippen LogP contribution is 2.27. The van der Waals surface area contributed by atoms with E-state index in [9.17, 15) is 14.4 Å². The molecule has 1 aliphatic heterocycles. The summed E-state index contributed by atoms with van der Waals surface area (Å²) in [5, 5.41) is 2.79. The lowest BCUT2D eigenvalue weighted by Crippen LogP contribution is -2.35.